The minimum atomic E-state index is -1.08. The van der Waals surface area contributed by atoms with Gasteiger partial charge in [0, 0.05) is 5.39 Å². The van der Waals surface area contributed by atoms with Gasteiger partial charge in [0.2, 0.25) is 0 Å². The molecule has 3 aromatic rings. The van der Waals surface area contributed by atoms with E-state index in [1.165, 1.54) is 0 Å². The molecule has 2 N–H and O–H groups in total. The molecule has 1 heterocycles. The van der Waals surface area contributed by atoms with Crippen LogP contribution in [0.4, 0.5) is 4.79 Å². The van der Waals surface area contributed by atoms with E-state index >= 15 is 0 Å². The van der Waals surface area contributed by atoms with Gasteiger partial charge in [-0.2, -0.15) is 0 Å². The van der Waals surface area contributed by atoms with Crippen LogP contribution in [0.3, 0.4) is 0 Å². The third-order valence-corrected chi connectivity index (χ3v) is 3.91. The predicted octanol–water partition coefficient (Wildman–Crippen LogP) is 4.74. The molecule has 0 radical (unpaired) electrons. The quantitative estimate of drug-likeness (QED) is 0.640. The van der Waals surface area contributed by atoms with Crippen molar-refractivity contribution in [3.05, 3.63) is 59.9 Å². The summed E-state index contributed by atoms with van der Waals surface area (Å²) in [7, 11) is 0. The Balaban J connectivity index is 1.67. The molecule has 1 atom stereocenters. The molecule has 1 unspecified atom stereocenters. The number of hydrogen-bond donors (Lipinski definition) is 2. The first-order chi connectivity index (χ1) is 12.5. The lowest BCUT2D eigenvalue weighted by molar-refractivity contribution is 0.189. The largest absolute Gasteiger partial charge is 0.494 e. The molecule has 3 rings (SSSR count). The molecule has 0 aliphatic rings. The molecule has 0 saturated heterocycles. The third-order valence-electron chi connectivity index (χ3n) is 3.91. The number of ether oxygens (including phenoxy) is 2. The van der Waals surface area contributed by atoms with E-state index in [2.05, 4.69) is 5.32 Å². The highest BCUT2D eigenvalue weighted by atomic mass is 16.5. The Labute approximate surface area is 151 Å². The maximum atomic E-state index is 10.8. The topological polar surface area (TPSA) is 80.9 Å². The van der Waals surface area contributed by atoms with Crippen LogP contribution in [0.25, 0.3) is 11.0 Å². The number of amides is 1. The molecule has 0 aliphatic heterocycles. The van der Waals surface area contributed by atoms with Crippen molar-refractivity contribution in [1.82, 2.24) is 5.32 Å². The molecule has 6 heteroatoms. The number of carbonyl (C=O) groups is 1. The van der Waals surface area contributed by atoms with Crippen molar-refractivity contribution in [2.24, 2.45) is 0 Å². The van der Waals surface area contributed by atoms with E-state index in [-0.39, 0.29) is 0 Å². The highest BCUT2D eigenvalue weighted by Gasteiger charge is 2.13. The monoisotopic (exact) mass is 355 g/mol. The molecule has 1 amide bonds. The average molecular weight is 355 g/mol. The first-order valence-corrected chi connectivity index (χ1v) is 8.42. The molecule has 1 aromatic heterocycles. The molecule has 0 saturated carbocycles. The van der Waals surface area contributed by atoms with E-state index in [1.807, 2.05) is 55.5 Å². The van der Waals surface area contributed by atoms with Gasteiger partial charge in [0.1, 0.15) is 29.4 Å². The first kappa shape index (κ1) is 17.7. The molecule has 26 heavy (non-hydrogen) atoms. The van der Waals surface area contributed by atoms with Gasteiger partial charge in [0.15, 0.2) is 0 Å². The summed E-state index contributed by atoms with van der Waals surface area (Å²) in [6, 6.07) is 14.7. The summed E-state index contributed by atoms with van der Waals surface area (Å²) >= 11 is 0. The Kier molecular flexibility index (Phi) is 5.31. The number of hydrogen-bond acceptors (Lipinski definition) is 4. The summed E-state index contributed by atoms with van der Waals surface area (Å²) in [6.07, 6.45) is -1.08. The molecule has 0 fully saturated rings. The Morgan fingerprint density at radius 3 is 2.46 bits per heavy atom. The number of nitrogens with one attached hydrogen (secondary N) is 1. The number of furan rings is 1. The van der Waals surface area contributed by atoms with Gasteiger partial charge in [-0.3, -0.25) is 0 Å². The summed E-state index contributed by atoms with van der Waals surface area (Å²) in [6.45, 7) is 4.72. The van der Waals surface area contributed by atoms with Crippen molar-refractivity contribution < 1.29 is 23.8 Å². The molecular weight excluding hydrogens is 334 g/mol. The van der Waals surface area contributed by atoms with Gasteiger partial charge in [-0.25, -0.2) is 4.79 Å². The van der Waals surface area contributed by atoms with Crippen LogP contribution in [0.15, 0.2) is 52.9 Å². The van der Waals surface area contributed by atoms with E-state index in [0.717, 1.165) is 22.4 Å². The van der Waals surface area contributed by atoms with E-state index in [9.17, 15) is 4.79 Å². The number of carboxylic acid groups (broad SMARTS) is 1. The Morgan fingerprint density at radius 1 is 1.12 bits per heavy atom. The Morgan fingerprint density at radius 2 is 1.81 bits per heavy atom. The lowest BCUT2D eigenvalue weighted by Crippen LogP contribution is -2.23. The fraction of sp³-hybridized carbons (Fsp3) is 0.250. The van der Waals surface area contributed by atoms with Gasteiger partial charge in [0.05, 0.1) is 12.6 Å². The lowest BCUT2D eigenvalue weighted by Gasteiger charge is -2.08. The second-order valence-corrected chi connectivity index (χ2v) is 5.89. The second kappa shape index (κ2) is 7.82. The first-order valence-electron chi connectivity index (χ1n) is 8.42. The molecule has 0 spiro atoms. The molecule has 0 aliphatic carbocycles. The number of benzene rings is 2. The third kappa shape index (κ3) is 4.27. The minimum Gasteiger partial charge on any atom is -0.494 e. The minimum absolute atomic E-state index is 0.406. The van der Waals surface area contributed by atoms with Gasteiger partial charge in [-0.1, -0.05) is 12.1 Å². The Hall–Kier alpha value is -3.15. The summed E-state index contributed by atoms with van der Waals surface area (Å²) in [5, 5.41) is 12.1. The smallest absolute Gasteiger partial charge is 0.405 e. The van der Waals surface area contributed by atoms with Crippen molar-refractivity contribution in [2.75, 3.05) is 6.61 Å². The summed E-state index contributed by atoms with van der Waals surface area (Å²) in [4.78, 5) is 10.8. The van der Waals surface area contributed by atoms with Crippen LogP contribution < -0.4 is 14.8 Å². The predicted molar refractivity (Wildman–Crippen MR) is 97.7 cm³/mol. The van der Waals surface area contributed by atoms with Gasteiger partial charge in [-0.15, -0.1) is 0 Å². The molecule has 6 nitrogen and oxygen atoms in total. The summed E-state index contributed by atoms with van der Waals surface area (Å²) < 4.78 is 17.0. The van der Waals surface area contributed by atoms with Crippen LogP contribution in [0.5, 0.6) is 11.5 Å². The second-order valence-electron chi connectivity index (χ2n) is 5.89. The highest BCUT2D eigenvalue weighted by Crippen LogP contribution is 2.26. The normalized spacial score (nSPS) is 11.9. The van der Waals surface area contributed by atoms with Crippen molar-refractivity contribution in [3.63, 3.8) is 0 Å². The Bertz CT molecular complexity index is 885. The van der Waals surface area contributed by atoms with Gasteiger partial charge in [0.25, 0.3) is 0 Å². The zero-order valence-electron chi connectivity index (χ0n) is 14.7. The van der Waals surface area contributed by atoms with Crippen LogP contribution in [0.1, 0.15) is 31.2 Å². The van der Waals surface area contributed by atoms with Gasteiger partial charge in [-0.05, 0) is 55.8 Å². The van der Waals surface area contributed by atoms with E-state index in [1.54, 1.807) is 6.92 Å². The fourth-order valence-corrected chi connectivity index (χ4v) is 2.62. The SMILES string of the molecule is CCOc1ccc(OCc2ccc3cc(C(C)NC(=O)O)oc3c2)cc1. The van der Waals surface area contributed by atoms with Crippen LogP contribution in [-0.2, 0) is 6.61 Å². The van der Waals surface area contributed by atoms with Gasteiger partial charge >= 0.3 is 6.09 Å². The molecule has 136 valence electrons. The summed E-state index contributed by atoms with van der Waals surface area (Å²) in [5.74, 6) is 2.15. The highest BCUT2D eigenvalue weighted by molar-refractivity contribution is 5.79. The van der Waals surface area contributed by atoms with E-state index in [0.29, 0.717) is 24.6 Å². The fourth-order valence-electron chi connectivity index (χ4n) is 2.62. The number of fused-ring (bicyclic) bond motifs is 1. The molecule has 2 aromatic carbocycles. The van der Waals surface area contributed by atoms with Crippen molar-refractivity contribution in [2.45, 2.75) is 26.5 Å². The van der Waals surface area contributed by atoms with E-state index in [4.69, 9.17) is 19.0 Å². The van der Waals surface area contributed by atoms with Crippen molar-refractivity contribution in [3.8, 4) is 11.5 Å². The molecular formula is C20H21NO5. The zero-order chi connectivity index (χ0) is 18.5. The lowest BCUT2D eigenvalue weighted by atomic mass is 10.1. The van der Waals surface area contributed by atoms with Gasteiger partial charge < -0.3 is 24.3 Å². The zero-order valence-corrected chi connectivity index (χ0v) is 14.7. The van der Waals surface area contributed by atoms with Crippen LogP contribution in [0, 0.1) is 0 Å². The number of rotatable bonds is 7. The van der Waals surface area contributed by atoms with Crippen molar-refractivity contribution >= 4 is 17.1 Å². The molecule has 0 bridgehead atoms. The standard InChI is InChI=1S/C20H21NO5/c1-3-24-16-6-8-17(9-7-16)25-12-14-4-5-15-11-18(26-19(15)10-14)13(2)21-20(22)23/h4-11,13,21H,3,12H2,1-2H3,(H,22,23). The average Bonchev–Trinajstić information content (AvgIpc) is 3.04. The van der Waals surface area contributed by atoms with Crippen molar-refractivity contribution in [1.29, 1.82) is 0 Å². The van der Waals surface area contributed by atoms with E-state index < -0.39 is 12.1 Å². The van der Waals surface area contributed by atoms with Crippen LogP contribution in [0.2, 0.25) is 0 Å². The van der Waals surface area contributed by atoms with Crippen LogP contribution >= 0.6 is 0 Å². The maximum Gasteiger partial charge on any atom is 0.405 e. The summed E-state index contributed by atoms with van der Waals surface area (Å²) in [5.41, 5.74) is 1.66. The maximum absolute atomic E-state index is 10.8. The van der Waals surface area contributed by atoms with Crippen LogP contribution in [-0.4, -0.2) is 17.8 Å².